The molecule has 6 nitrogen and oxygen atoms in total. The number of nitrogens with one attached hydrogen (secondary N) is 3. The third-order valence-electron chi connectivity index (χ3n) is 6.52. The van der Waals surface area contributed by atoms with Crippen LogP contribution in [-0.2, 0) is 0 Å². The molecular formula is C25H29F2N3O3. The van der Waals surface area contributed by atoms with Crippen molar-refractivity contribution in [2.75, 3.05) is 26.7 Å². The van der Waals surface area contributed by atoms with E-state index in [1.165, 1.54) is 13.1 Å². The molecule has 2 aromatic rings. The summed E-state index contributed by atoms with van der Waals surface area (Å²) in [5.41, 5.74) is 2.38. The Kier molecular flexibility index (Phi) is 6.65. The van der Waals surface area contributed by atoms with Crippen LogP contribution in [0.2, 0.25) is 0 Å². The van der Waals surface area contributed by atoms with Crippen LogP contribution < -0.4 is 20.7 Å². The van der Waals surface area contributed by atoms with Gasteiger partial charge in [-0.05, 0) is 31.0 Å². The fourth-order valence-corrected chi connectivity index (χ4v) is 4.73. The van der Waals surface area contributed by atoms with Gasteiger partial charge in [-0.1, -0.05) is 30.3 Å². The molecule has 2 aromatic carbocycles. The molecule has 4 rings (SSSR count). The maximum Gasteiger partial charge on any atom is 0.254 e. The largest absolute Gasteiger partial charge is 0.489 e. The first-order valence-electron chi connectivity index (χ1n) is 11.3. The van der Waals surface area contributed by atoms with Crippen LogP contribution >= 0.6 is 0 Å². The van der Waals surface area contributed by atoms with E-state index in [0.29, 0.717) is 17.9 Å². The molecule has 1 saturated heterocycles. The van der Waals surface area contributed by atoms with E-state index in [4.69, 9.17) is 4.74 Å². The Labute approximate surface area is 192 Å². The van der Waals surface area contributed by atoms with Gasteiger partial charge in [-0.3, -0.25) is 9.59 Å². The summed E-state index contributed by atoms with van der Waals surface area (Å²) in [6.07, 6.45) is -0.235. The predicted octanol–water partition coefficient (Wildman–Crippen LogP) is 3.32. The van der Waals surface area contributed by atoms with Crippen LogP contribution in [0.15, 0.2) is 42.5 Å². The van der Waals surface area contributed by atoms with Gasteiger partial charge >= 0.3 is 0 Å². The Hall–Kier alpha value is -3.00. The van der Waals surface area contributed by atoms with E-state index < -0.39 is 17.7 Å². The molecule has 33 heavy (non-hydrogen) atoms. The minimum atomic E-state index is -2.73. The van der Waals surface area contributed by atoms with Crippen molar-refractivity contribution in [3.8, 4) is 5.75 Å². The zero-order valence-electron chi connectivity index (χ0n) is 18.8. The summed E-state index contributed by atoms with van der Waals surface area (Å²) in [6, 6.07) is 13.0. The average Bonchev–Trinajstić information content (AvgIpc) is 3.14. The standard InChI is InChI=1S/C25H29F2N3O3/c1-15-21(16-6-4-3-5-7-16)19-12-17(13-20(22(19)33-15)24(32)28-2)23(31)30-10-8-18-14-29-11-9-25(18,26)27/h3-7,12-13,15,18,21,29H,8-11,14H2,1-2H3,(H,28,32)(H,30,31)/t15-,18-,21+/m1/s1. The minimum Gasteiger partial charge on any atom is -0.489 e. The highest BCUT2D eigenvalue weighted by Crippen LogP contribution is 2.45. The number of carbonyl (C=O) groups is 2. The monoisotopic (exact) mass is 457 g/mol. The second-order valence-corrected chi connectivity index (χ2v) is 8.69. The Morgan fingerprint density at radius 1 is 1.18 bits per heavy atom. The topological polar surface area (TPSA) is 79.5 Å². The summed E-state index contributed by atoms with van der Waals surface area (Å²) in [5, 5.41) is 8.34. The molecule has 0 aliphatic carbocycles. The number of carbonyl (C=O) groups excluding carboxylic acids is 2. The zero-order chi connectivity index (χ0) is 23.6. The molecule has 8 heteroatoms. The van der Waals surface area contributed by atoms with Crippen molar-refractivity contribution >= 4 is 11.8 Å². The molecule has 0 aromatic heterocycles. The third kappa shape index (κ3) is 4.71. The second-order valence-electron chi connectivity index (χ2n) is 8.69. The SMILES string of the molecule is CNC(=O)c1cc(C(=O)NCC[C@@H]2CNCCC2(F)F)cc2c1O[C@H](C)[C@H]2c1ccccc1. The Morgan fingerprint density at radius 3 is 2.64 bits per heavy atom. The maximum atomic E-state index is 14.1. The number of fused-ring (bicyclic) bond motifs is 1. The highest BCUT2D eigenvalue weighted by atomic mass is 19.3. The third-order valence-corrected chi connectivity index (χ3v) is 6.52. The van der Waals surface area contributed by atoms with Gasteiger partial charge in [-0.2, -0.15) is 0 Å². The lowest BCUT2D eigenvalue weighted by molar-refractivity contribution is -0.0801. The van der Waals surface area contributed by atoms with Gasteiger partial charge in [0.25, 0.3) is 17.7 Å². The number of amides is 2. The van der Waals surface area contributed by atoms with Gasteiger partial charge in [0, 0.05) is 56.1 Å². The Bertz CT molecular complexity index is 1030. The molecule has 2 aliphatic rings. The number of hydrogen-bond donors (Lipinski definition) is 3. The van der Waals surface area contributed by atoms with E-state index in [1.54, 1.807) is 6.07 Å². The van der Waals surface area contributed by atoms with Crippen molar-refractivity contribution in [1.82, 2.24) is 16.0 Å². The first-order valence-corrected chi connectivity index (χ1v) is 11.3. The van der Waals surface area contributed by atoms with Crippen molar-refractivity contribution in [2.45, 2.75) is 37.7 Å². The Balaban J connectivity index is 1.58. The molecule has 2 amide bonds. The quantitative estimate of drug-likeness (QED) is 0.622. The van der Waals surface area contributed by atoms with E-state index in [1.807, 2.05) is 37.3 Å². The number of halogens is 2. The molecular weight excluding hydrogens is 428 g/mol. The van der Waals surface area contributed by atoms with Gasteiger partial charge in [-0.25, -0.2) is 8.78 Å². The van der Waals surface area contributed by atoms with Crippen molar-refractivity contribution < 1.29 is 23.1 Å². The molecule has 2 aliphatic heterocycles. The first kappa shape index (κ1) is 23.2. The van der Waals surface area contributed by atoms with Crippen molar-refractivity contribution in [3.05, 3.63) is 64.7 Å². The van der Waals surface area contributed by atoms with Gasteiger partial charge in [0.1, 0.15) is 11.9 Å². The van der Waals surface area contributed by atoms with Gasteiger partial charge in [0.05, 0.1) is 5.56 Å². The summed E-state index contributed by atoms with van der Waals surface area (Å²) in [7, 11) is 1.52. The van der Waals surface area contributed by atoms with E-state index in [0.717, 1.165) is 11.1 Å². The summed E-state index contributed by atoms with van der Waals surface area (Å²) in [5.74, 6) is -3.96. The fraction of sp³-hybridized carbons (Fsp3) is 0.440. The highest BCUT2D eigenvalue weighted by molar-refractivity contribution is 6.02. The van der Waals surface area contributed by atoms with Crippen LogP contribution in [0.4, 0.5) is 8.78 Å². The summed E-state index contributed by atoms with van der Waals surface area (Å²) >= 11 is 0. The van der Waals surface area contributed by atoms with Crippen LogP contribution in [0.25, 0.3) is 0 Å². The van der Waals surface area contributed by atoms with Crippen LogP contribution in [0, 0.1) is 5.92 Å². The number of ether oxygens (including phenoxy) is 1. The maximum absolute atomic E-state index is 14.1. The zero-order valence-corrected chi connectivity index (χ0v) is 18.8. The van der Waals surface area contributed by atoms with Crippen LogP contribution in [0.5, 0.6) is 5.75 Å². The van der Waals surface area contributed by atoms with E-state index in [9.17, 15) is 18.4 Å². The lowest BCUT2D eigenvalue weighted by Gasteiger charge is -2.31. The lowest BCUT2D eigenvalue weighted by atomic mass is 9.87. The second kappa shape index (κ2) is 9.47. The molecule has 3 N–H and O–H groups in total. The molecule has 0 unspecified atom stereocenters. The highest BCUT2D eigenvalue weighted by Gasteiger charge is 2.41. The van der Waals surface area contributed by atoms with Gasteiger partial charge in [0.2, 0.25) is 0 Å². The summed E-state index contributed by atoms with van der Waals surface area (Å²) in [4.78, 5) is 25.5. The number of alkyl halides is 2. The van der Waals surface area contributed by atoms with Crippen LogP contribution in [0.1, 0.15) is 57.5 Å². The predicted molar refractivity (Wildman–Crippen MR) is 121 cm³/mol. The van der Waals surface area contributed by atoms with Crippen molar-refractivity contribution in [2.24, 2.45) is 5.92 Å². The number of rotatable bonds is 6. The molecule has 2 heterocycles. The van der Waals surface area contributed by atoms with Gasteiger partial charge in [0.15, 0.2) is 0 Å². The molecule has 0 spiro atoms. The molecule has 1 fully saturated rings. The molecule has 0 saturated carbocycles. The minimum absolute atomic E-state index is 0.127. The first-order chi connectivity index (χ1) is 15.8. The average molecular weight is 458 g/mol. The van der Waals surface area contributed by atoms with Crippen molar-refractivity contribution in [3.63, 3.8) is 0 Å². The smallest absolute Gasteiger partial charge is 0.254 e. The molecule has 0 radical (unpaired) electrons. The van der Waals surface area contributed by atoms with Crippen LogP contribution in [-0.4, -0.2) is 50.5 Å². The lowest BCUT2D eigenvalue weighted by Crippen LogP contribution is -2.45. The molecule has 176 valence electrons. The van der Waals surface area contributed by atoms with E-state index >= 15 is 0 Å². The Morgan fingerprint density at radius 2 is 1.94 bits per heavy atom. The normalized spacial score (nSPS) is 23.3. The van der Waals surface area contributed by atoms with Crippen LogP contribution in [0.3, 0.4) is 0 Å². The van der Waals surface area contributed by atoms with Gasteiger partial charge < -0.3 is 20.7 Å². The van der Waals surface area contributed by atoms with Crippen molar-refractivity contribution in [1.29, 1.82) is 0 Å². The number of piperidine rings is 1. The number of hydrogen-bond acceptors (Lipinski definition) is 4. The molecule has 0 bridgehead atoms. The fourth-order valence-electron chi connectivity index (χ4n) is 4.73. The van der Waals surface area contributed by atoms with Gasteiger partial charge in [-0.15, -0.1) is 0 Å². The summed E-state index contributed by atoms with van der Waals surface area (Å²) in [6.45, 7) is 2.60. The molecule has 3 atom stereocenters. The summed E-state index contributed by atoms with van der Waals surface area (Å²) < 4.78 is 34.2. The van der Waals surface area contributed by atoms with E-state index in [2.05, 4.69) is 16.0 Å². The number of benzene rings is 2. The van der Waals surface area contributed by atoms with E-state index in [-0.39, 0.29) is 49.4 Å².